The molecule has 0 amide bonds. The molecule has 3 N–H and O–H groups in total. The van der Waals surface area contributed by atoms with Crippen LogP contribution in [-0.2, 0) is 0 Å². The van der Waals surface area contributed by atoms with Crippen molar-refractivity contribution in [2.45, 2.75) is 32.0 Å². The summed E-state index contributed by atoms with van der Waals surface area (Å²) in [4.78, 5) is 0. The van der Waals surface area contributed by atoms with Gasteiger partial charge in [-0.2, -0.15) is 0 Å². The summed E-state index contributed by atoms with van der Waals surface area (Å²) in [5.74, 6) is 0.172. The third-order valence-electron chi connectivity index (χ3n) is 2.33. The molecule has 0 bridgehead atoms. The predicted octanol–water partition coefficient (Wildman–Crippen LogP) is -0.272. The highest BCUT2D eigenvalue weighted by Gasteiger charge is 2.31. The van der Waals surface area contributed by atoms with Crippen LogP contribution >= 0.6 is 0 Å². The minimum absolute atomic E-state index is 0.172. The molecule has 11 heavy (non-hydrogen) atoms. The molecule has 1 saturated heterocycles. The second-order valence-electron chi connectivity index (χ2n) is 3.90. The van der Waals surface area contributed by atoms with Gasteiger partial charge in [-0.1, -0.05) is 0 Å². The molecule has 66 valence electrons. The molecule has 1 heterocycles. The lowest BCUT2D eigenvalue weighted by Crippen LogP contribution is -2.47. The standard InChI is InChI=1S/C8H17NO2/c1-8(2,11)6-3-7(10)5-9-4-6/h6-7,9-11H,3-5H2,1-2H3. The van der Waals surface area contributed by atoms with Crippen molar-refractivity contribution in [3.63, 3.8) is 0 Å². The largest absolute Gasteiger partial charge is 0.392 e. The van der Waals surface area contributed by atoms with Crippen LogP contribution in [0.25, 0.3) is 0 Å². The topological polar surface area (TPSA) is 52.5 Å². The van der Waals surface area contributed by atoms with Crippen LogP contribution in [-0.4, -0.2) is 35.0 Å². The summed E-state index contributed by atoms with van der Waals surface area (Å²) in [6.07, 6.45) is 0.413. The SMILES string of the molecule is CC(C)(O)C1CNCC(O)C1. The van der Waals surface area contributed by atoms with Crippen molar-refractivity contribution in [2.24, 2.45) is 5.92 Å². The van der Waals surface area contributed by atoms with E-state index in [0.29, 0.717) is 13.0 Å². The molecule has 1 rings (SSSR count). The summed E-state index contributed by atoms with van der Waals surface area (Å²) < 4.78 is 0. The molecule has 2 unspecified atom stereocenters. The Balaban J connectivity index is 2.46. The van der Waals surface area contributed by atoms with Crippen LogP contribution in [0, 0.1) is 5.92 Å². The van der Waals surface area contributed by atoms with Gasteiger partial charge >= 0.3 is 0 Å². The van der Waals surface area contributed by atoms with Gasteiger partial charge in [-0.25, -0.2) is 0 Å². The van der Waals surface area contributed by atoms with Gasteiger partial charge in [0, 0.05) is 19.0 Å². The number of hydrogen-bond donors (Lipinski definition) is 3. The molecule has 0 saturated carbocycles. The van der Waals surface area contributed by atoms with E-state index in [4.69, 9.17) is 0 Å². The first-order valence-corrected chi connectivity index (χ1v) is 4.11. The Hall–Kier alpha value is -0.120. The number of aliphatic hydroxyl groups is 2. The zero-order valence-corrected chi connectivity index (χ0v) is 7.17. The van der Waals surface area contributed by atoms with Crippen molar-refractivity contribution >= 4 is 0 Å². The highest BCUT2D eigenvalue weighted by Crippen LogP contribution is 2.23. The molecule has 0 aromatic carbocycles. The van der Waals surface area contributed by atoms with E-state index < -0.39 is 5.60 Å². The Labute approximate surface area is 67.4 Å². The maximum Gasteiger partial charge on any atom is 0.0668 e. The third kappa shape index (κ3) is 2.43. The van der Waals surface area contributed by atoms with Gasteiger partial charge < -0.3 is 15.5 Å². The maximum absolute atomic E-state index is 9.61. The summed E-state index contributed by atoms with van der Waals surface area (Å²) in [5.41, 5.74) is -0.672. The van der Waals surface area contributed by atoms with E-state index in [9.17, 15) is 10.2 Å². The van der Waals surface area contributed by atoms with Crippen molar-refractivity contribution in [3.05, 3.63) is 0 Å². The summed E-state index contributed by atoms with van der Waals surface area (Å²) in [6.45, 7) is 5.04. The summed E-state index contributed by atoms with van der Waals surface area (Å²) in [6, 6.07) is 0. The van der Waals surface area contributed by atoms with Crippen molar-refractivity contribution < 1.29 is 10.2 Å². The fourth-order valence-corrected chi connectivity index (χ4v) is 1.46. The molecule has 1 fully saturated rings. The number of piperidine rings is 1. The number of rotatable bonds is 1. The second kappa shape index (κ2) is 3.09. The molecule has 0 spiro atoms. The van der Waals surface area contributed by atoms with E-state index in [0.717, 1.165) is 6.54 Å². The summed E-state index contributed by atoms with van der Waals surface area (Å²) in [7, 11) is 0. The van der Waals surface area contributed by atoms with Crippen LogP contribution in [0.4, 0.5) is 0 Å². The van der Waals surface area contributed by atoms with Crippen LogP contribution < -0.4 is 5.32 Å². The molecule has 2 atom stereocenters. The maximum atomic E-state index is 9.61. The summed E-state index contributed by atoms with van der Waals surface area (Å²) >= 11 is 0. The van der Waals surface area contributed by atoms with Gasteiger partial charge in [-0.05, 0) is 20.3 Å². The fourth-order valence-electron chi connectivity index (χ4n) is 1.46. The van der Waals surface area contributed by atoms with E-state index in [1.165, 1.54) is 0 Å². The van der Waals surface area contributed by atoms with Crippen LogP contribution in [0.2, 0.25) is 0 Å². The first-order chi connectivity index (χ1) is 5.00. The van der Waals surface area contributed by atoms with Crippen LogP contribution in [0.3, 0.4) is 0 Å². The molecule has 0 radical (unpaired) electrons. The van der Waals surface area contributed by atoms with E-state index in [-0.39, 0.29) is 12.0 Å². The van der Waals surface area contributed by atoms with Crippen molar-refractivity contribution in [1.82, 2.24) is 5.32 Å². The van der Waals surface area contributed by atoms with Gasteiger partial charge in [0.05, 0.1) is 11.7 Å². The highest BCUT2D eigenvalue weighted by atomic mass is 16.3. The monoisotopic (exact) mass is 159 g/mol. The van der Waals surface area contributed by atoms with E-state index in [1.807, 2.05) is 0 Å². The molecule has 0 aliphatic carbocycles. The lowest BCUT2D eigenvalue weighted by molar-refractivity contribution is -0.0205. The van der Waals surface area contributed by atoms with Crippen molar-refractivity contribution in [1.29, 1.82) is 0 Å². The van der Waals surface area contributed by atoms with Gasteiger partial charge in [0.15, 0.2) is 0 Å². The first-order valence-electron chi connectivity index (χ1n) is 4.11. The zero-order chi connectivity index (χ0) is 8.48. The Bertz CT molecular complexity index is 131. The Kier molecular flexibility index (Phi) is 2.52. The van der Waals surface area contributed by atoms with E-state index >= 15 is 0 Å². The smallest absolute Gasteiger partial charge is 0.0668 e. The number of nitrogens with one attached hydrogen (secondary N) is 1. The fraction of sp³-hybridized carbons (Fsp3) is 1.00. The van der Waals surface area contributed by atoms with E-state index in [2.05, 4.69) is 5.32 Å². The Morgan fingerprint density at radius 1 is 1.36 bits per heavy atom. The second-order valence-corrected chi connectivity index (χ2v) is 3.90. The van der Waals surface area contributed by atoms with Gasteiger partial charge in [0.25, 0.3) is 0 Å². The van der Waals surface area contributed by atoms with E-state index in [1.54, 1.807) is 13.8 Å². The molecule has 0 aromatic heterocycles. The van der Waals surface area contributed by atoms with Gasteiger partial charge in [-0.3, -0.25) is 0 Å². The number of hydrogen-bond acceptors (Lipinski definition) is 3. The van der Waals surface area contributed by atoms with Gasteiger partial charge in [0.2, 0.25) is 0 Å². The molecular weight excluding hydrogens is 142 g/mol. The molecule has 3 heteroatoms. The lowest BCUT2D eigenvalue weighted by atomic mass is 9.84. The minimum atomic E-state index is -0.672. The van der Waals surface area contributed by atoms with Crippen LogP contribution in [0.1, 0.15) is 20.3 Å². The zero-order valence-electron chi connectivity index (χ0n) is 7.17. The first kappa shape index (κ1) is 8.97. The molecular formula is C8H17NO2. The normalized spacial score (nSPS) is 33.8. The molecule has 3 nitrogen and oxygen atoms in total. The predicted molar refractivity (Wildman–Crippen MR) is 43.3 cm³/mol. The van der Waals surface area contributed by atoms with Crippen LogP contribution in [0.5, 0.6) is 0 Å². The molecule has 1 aliphatic rings. The highest BCUT2D eigenvalue weighted by molar-refractivity contribution is 4.85. The average Bonchev–Trinajstić information content (AvgIpc) is 1.86. The van der Waals surface area contributed by atoms with Crippen molar-refractivity contribution in [2.75, 3.05) is 13.1 Å². The molecule has 0 aromatic rings. The van der Waals surface area contributed by atoms with Crippen molar-refractivity contribution in [3.8, 4) is 0 Å². The van der Waals surface area contributed by atoms with Gasteiger partial charge in [-0.15, -0.1) is 0 Å². The lowest BCUT2D eigenvalue weighted by Gasteiger charge is -2.35. The Morgan fingerprint density at radius 3 is 2.36 bits per heavy atom. The summed E-state index contributed by atoms with van der Waals surface area (Å²) in [5, 5.41) is 22.0. The third-order valence-corrected chi connectivity index (χ3v) is 2.33. The number of β-amino-alcohol motifs (C(OH)–C–C–N with tert-alkyl or cyclic N) is 1. The van der Waals surface area contributed by atoms with Crippen LogP contribution in [0.15, 0.2) is 0 Å². The minimum Gasteiger partial charge on any atom is -0.392 e. The average molecular weight is 159 g/mol. The number of aliphatic hydroxyl groups excluding tert-OH is 1. The quantitative estimate of drug-likeness (QED) is 0.493. The Morgan fingerprint density at radius 2 is 2.00 bits per heavy atom. The molecule has 1 aliphatic heterocycles. The van der Waals surface area contributed by atoms with Gasteiger partial charge in [0.1, 0.15) is 0 Å².